The quantitative estimate of drug-likeness (QED) is 0.777. The van der Waals surface area contributed by atoms with Gasteiger partial charge in [0.25, 0.3) is 5.91 Å². The summed E-state index contributed by atoms with van der Waals surface area (Å²) in [7, 11) is 1.76. The smallest absolute Gasteiger partial charge is 0.255 e. The molecule has 1 aromatic carbocycles. The molecule has 30 heavy (non-hydrogen) atoms. The molecule has 3 aliphatic rings. The monoisotopic (exact) mass is 412 g/mol. The van der Waals surface area contributed by atoms with Crippen LogP contribution in [0.5, 0.6) is 0 Å². The molecule has 2 atom stereocenters. The van der Waals surface area contributed by atoms with Gasteiger partial charge in [-0.25, -0.2) is 5.43 Å². The second kappa shape index (κ2) is 7.89. The first-order valence-corrected chi connectivity index (χ1v) is 11.3. The molecule has 0 unspecified atom stereocenters. The molecule has 3 aliphatic heterocycles. The highest BCUT2D eigenvalue weighted by Crippen LogP contribution is 2.41. The SMILES string of the molecule is CCC1(CC)C[C@@H](OC)CN1C(=O)C1=C2N[C@@H](c3ccccc3)CC(C)(C)N2NC1. The maximum atomic E-state index is 13.9. The number of hydrogen-bond acceptors (Lipinski definition) is 5. The summed E-state index contributed by atoms with van der Waals surface area (Å²) in [5.41, 5.74) is 5.35. The maximum absolute atomic E-state index is 13.9. The van der Waals surface area contributed by atoms with Crippen molar-refractivity contribution in [3.05, 3.63) is 47.3 Å². The average molecular weight is 413 g/mol. The van der Waals surface area contributed by atoms with E-state index in [2.05, 4.69) is 72.6 Å². The van der Waals surface area contributed by atoms with Gasteiger partial charge in [-0.3, -0.25) is 9.80 Å². The summed E-state index contributed by atoms with van der Waals surface area (Å²) in [6.07, 6.45) is 3.87. The molecule has 0 aliphatic carbocycles. The zero-order valence-corrected chi connectivity index (χ0v) is 19.0. The number of nitrogens with one attached hydrogen (secondary N) is 2. The summed E-state index contributed by atoms with van der Waals surface area (Å²) in [4.78, 5) is 16.0. The third kappa shape index (κ3) is 3.40. The van der Waals surface area contributed by atoms with E-state index < -0.39 is 0 Å². The molecule has 0 aromatic heterocycles. The highest BCUT2D eigenvalue weighted by atomic mass is 16.5. The number of hydrogen-bond donors (Lipinski definition) is 2. The van der Waals surface area contributed by atoms with Crippen molar-refractivity contribution in [2.75, 3.05) is 20.2 Å². The van der Waals surface area contributed by atoms with Gasteiger partial charge >= 0.3 is 0 Å². The number of rotatable bonds is 5. The minimum atomic E-state index is -0.123. The largest absolute Gasteiger partial charge is 0.380 e. The lowest BCUT2D eigenvalue weighted by molar-refractivity contribution is -0.131. The van der Waals surface area contributed by atoms with Crippen molar-refractivity contribution >= 4 is 5.91 Å². The summed E-state index contributed by atoms with van der Waals surface area (Å²) >= 11 is 0. The van der Waals surface area contributed by atoms with Gasteiger partial charge in [0, 0.05) is 25.7 Å². The van der Waals surface area contributed by atoms with Gasteiger partial charge in [-0.05, 0) is 45.1 Å². The summed E-state index contributed by atoms with van der Waals surface area (Å²) in [6.45, 7) is 10.1. The van der Waals surface area contributed by atoms with Crippen molar-refractivity contribution in [2.24, 2.45) is 0 Å². The highest BCUT2D eigenvalue weighted by molar-refractivity contribution is 5.96. The highest BCUT2D eigenvalue weighted by Gasteiger charge is 2.49. The van der Waals surface area contributed by atoms with Crippen molar-refractivity contribution < 1.29 is 9.53 Å². The summed E-state index contributed by atoms with van der Waals surface area (Å²) in [5, 5.41) is 5.86. The molecule has 0 radical (unpaired) electrons. The normalized spacial score (nSPS) is 27.2. The fourth-order valence-electron chi connectivity index (χ4n) is 5.53. The molecule has 0 bridgehead atoms. The van der Waals surface area contributed by atoms with Crippen LogP contribution in [0.25, 0.3) is 0 Å². The number of methoxy groups -OCH3 is 1. The Labute approximate surface area is 180 Å². The Balaban J connectivity index is 1.68. The number of amides is 1. The van der Waals surface area contributed by atoms with Crippen LogP contribution in [0, 0.1) is 0 Å². The molecule has 0 saturated carbocycles. The average Bonchev–Trinajstić information content (AvgIpc) is 3.36. The number of likely N-dealkylation sites (tertiary alicyclic amines) is 1. The maximum Gasteiger partial charge on any atom is 0.255 e. The zero-order chi connectivity index (χ0) is 21.5. The molecule has 2 fully saturated rings. The van der Waals surface area contributed by atoms with E-state index in [1.165, 1.54) is 5.56 Å². The summed E-state index contributed by atoms with van der Waals surface area (Å²) in [6, 6.07) is 10.7. The Morgan fingerprint density at radius 1 is 1.17 bits per heavy atom. The number of hydrazine groups is 1. The first kappa shape index (κ1) is 21.2. The van der Waals surface area contributed by atoms with Gasteiger partial charge in [-0.1, -0.05) is 44.2 Å². The molecule has 2 N–H and O–H groups in total. The van der Waals surface area contributed by atoms with Gasteiger partial charge in [0.1, 0.15) is 5.82 Å². The molecule has 6 heteroatoms. The molecule has 6 nitrogen and oxygen atoms in total. The summed E-state index contributed by atoms with van der Waals surface area (Å²) in [5.74, 6) is 1.08. The van der Waals surface area contributed by atoms with Gasteiger partial charge in [0.2, 0.25) is 0 Å². The predicted molar refractivity (Wildman–Crippen MR) is 118 cm³/mol. The third-order valence-electron chi connectivity index (χ3n) is 7.46. The standard InChI is InChI=1S/C24H36N4O2/c1-6-24(7-2)13-18(30-5)16-27(24)22(29)19-15-25-28-21(19)26-20(14-23(28,3)4)17-11-9-8-10-12-17/h8-12,18,20,25-26H,6-7,13-16H2,1-5H3/t18-,20-/m1/s1. The Morgan fingerprint density at radius 3 is 2.50 bits per heavy atom. The van der Waals surface area contributed by atoms with E-state index in [1.807, 2.05) is 6.07 Å². The summed E-state index contributed by atoms with van der Waals surface area (Å²) < 4.78 is 5.68. The van der Waals surface area contributed by atoms with E-state index in [0.717, 1.165) is 37.1 Å². The van der Waals surface area contributed by atoms with Gasteiger partial charge in [0.15, 0.2) is 0 Å². The molecule has 2 saturated heterocycles. The molecule has 164 valence electrons. The van der Waals surface area contributed by atoms with E-state index in [-0.39, 0.29) is 29.1 Å². The Kier molecular flexibility index (Phi) is 5.58. The van der Waals surface area contributed by atoms with Crippen LogP contribution in [-0.2, 0) is 9.53 Å². The van der Waals surface area contributed by atoms with E-state index >= 15 is 0 Å². The van der Waals surface area contributed by atoms with Crippen LogP contribution in [-0.4, -0.2) is 53.2 Å². The molecule has 0 spiro atoms. The molecule has 1 aromatic rings. The number of benzene rings is 1. The molecular formula is C24H36N4O2. The van der Waals surface area contributed by atoms with Crippen LogP contribution in [0.1, 0.15) is 65.0 Å². The minimum Gasteiger partial charge on any atom is -0.380 e. The van der Waals surface area contributed by atoms with Gasteiger partial charge in [0.05, 0.1) is 23.3 Å². The van der Waals surface area contributed by atoms with Crippen LogP contribution in [0.4, 0.5) is 0 Å². The fraction of sp³-hybridized carbons (Fsp3) is 0.625. The number of fused-ring (bicyclic) bond motifs is 1. The van der Waals surface area contributed by atoms with Gasteiger partial charge in [-0.2, -0.15) is 0 Å². The molecule has 4 rings (SSSR count). The second-order valence-electron chi connectivity index (χ2n) is 9.53. The Bertz CT molecular complexity index is 816. The van der Waals surface area contributed by atoms with Gasteiger partial charge < -0.3 is 15.0 Å². The number of carbonyl (C=O) groups is 1. The second-order valence-corrected chi connectivity index (χ2v) is 9.53. The van der Waals surface area contributed by atoms with Crippen molar-refractivity contribution in [3.63, 3.8) is 0 Å². The molecular weight excluding hydrogens is 376 g/mol. The third-order valence-corrected chi connectivity index (χ3v) is 7.46. The van der Waals surface area contributed by atoms with Crippen LogP contribution >= 0.6 is 0 Å². The van der Waals surface area contributed by atoms with Crippen LogP contribution < -0.4 is 10.7 Å². The van der Waals surface area contributed by atoms with Crippen LogP contribution in [0.3, 0.4) is 0 Å². The number of carbonyl (C=O) groups excluding carboxylic acids is 1. The van der Waals surface area contributed by atoms with Crippen LogP contribution in [0.2, 0.25) is 0 Å². The van der Waals surface area contributed by atoms with E-state index in [1.54, 1.807) is 7.11 Å². The van der Waals surface area contributed by atoms with Crippen molar-refractivity contribution in [3.8, 4) is 0 Å². The first-order chi connectivity index (χ1) is 14.3. The van der Waals surface area contributed by atoms with Crippen molar-refractivity contribution in [1.82, 2.24) is 20.7 Å². The van der Waals surface area contributed by atoms with Gasteiger partial charge in [-0.15, -0.1) is 0 Å². The number of nitrogens with zero attached hydrogens (tertiary/aromatic N) is 2. The Hall–Kier alpha value is -2.05. The number of ether oxygens (including phenoxy) is 1. The van der Waals surface area contributed by atoms with E-state index in [9.17, 15) is 4.79 Å². The lowest BCUT2D eigenvalue weighted by atomic mass is 9.87. The Morgan fingerprint density at radius 2 is 1.87 bits per heavy atom. The molecule has 3 heterocycles. The molecule has 1 amide bonds. The lowest BCUT2D eigenvalue weighted by Crippen LogP contribution is -2.56. The zero-order valence-electron chi connectivity index (χ0n) is 19.0. The van der Waals surface area contributed by atoms with E-state index in [4.69, 9.17) is 4.74 Å². The first-order valence-electron chi connectivity index (χ1n) is 11.3. The lowest BCUT2D eigenvalue weighted by Gasteiger charge is -2.47. The fourth-order valence-corrected chi connectivity index (χ4v) is 5.53. The topological polar surface area (TPSA) is 56.8 Å². The van der Waals surface area contributed by atoms with Crippen molar-refractivity contribution in [2.45, 2.75) is 76.6 Å². The van der Waals surface area contributed by atoms with Crippen molar-refractivity contribution in [1.29, 1.82) is 0 Å². The minimum absolute atomic E-state index is 0.101. The van der Waals surface area contributed by atoms with Crippen LogP contribution in [0.15, 0.2) is 41.7 Å². The van der Waals surface area contributed by atoms with E-state index in [0.29, 0.717) is 13.1 Å². The predicted octanol–water partition coefficient (Wildman–Crippen LogP) is 3.34.